The van der Waals surface area contributed by atoms with E-state index in [0.717, 1.165) is 40.3 Å². The second kappa shape index (κ2) is 9.37. The number of imidazole rings is 1. The van der Waals surface area contributed by atoms with Crippen molar-refractivity contribution >= 4 is 44.7 Å². The summed E-state index contributed by atoms with van der Waals surface area (Å²) in [6, 6.07) is 5.75. The Morgan fingerprint density at radius 3 is 2.76 bits per heavy atom. The first kappa shape index (κ1) is 23.8. The number of ether oxygens (including phenoxy) is 2. The monoisotopic (exact) mass is 522 g/mol. The molecule has 1 unspecified atom stereocenters. The van der Waals surface area contributed by atoms with Crippen LogP contribution in [-0.2, 0) is 18.3 Å². The third-order valence-electron chi connectivity index (χ3n) is 7.63. The summed E-state index contributed by atoms with van der Waals surface area (Å²) in [5.74, 6) is 1.91. The number of nitrogens with zero attached hydrogens (tertiary/aromatic N) is 5. The standard InChI is InChI=1S/C26H30N6O4S/c1-30-22-18(29-23(30)19-11-21-24(28-14-37-21)32(19)12-15-5-3-6-15)9-16(10-20(22)35-2)25(33)31-8-4-7-17(13-31)36-26(27)34/h9-11,14-15,17H,3-8,12-13H2,1-2H3,(H2,27,34). The highest BCUT2D eigenvalue weighted by Gasteiger charge is 2.29. The predicted octanol–water partition coefficient (Wildman–Crippen LogP) is 4.16. The normalized spacial score (nSPS) is 18.3. The van der Waals surface area contributed by atoms with Gasteiger partial charge >= 0.3 is 6.09 Å². The highest BCUT2D eigenvalue weighted by Crippen LogP contribution is 2.37. The van der Waals surface area contributed by atoms with Crippen LogP contribution in [0.4, 0.5) is 4.79 Å². The summed E-state index contributed by atoms with van der Waals surface area (Å²) in [6.07, 6.45) is 3.98. The molecule has 2 amide bonds. The Morgan fingerprint density at radius 2 is 2.03 bits per heavy atom. The van der Waals surface area contributed by atoms with E-state index in [2.05, 4.69) is 15.6 Å². The van der Waals surface area contributed by atoms with Gasteiger partial charge in [-0.05, 0) is 49.8 Å². The van der Waals surface area contributed by atoms with Crippen LogP contribution in [0.15, 0.2) is 23.7 Å². The number of carbonyl (C=O) groups excluding carboxylic acids is 2. The molecule has 10 nitrogen and oxygen atoms in total. The van der Waals surface area contributed by atoms with E-state index >= 15 is 0 Å². The largest absolute Gasteiger partial charge is 0.494 e. The highest BCUT2D eigenvalue weighted by molar-refractivity contribution is 7.16. The van der Waals surface area contributed by atoms with Gasteiger partial charge in [-0.3, -0.25) is 4.79 Å². The minimum atomic E-state index is -0.819. The Balaban J connectivity index is 1.38. The van der Waals surface area contributed by atoms with Gasteiger partial charge in [0.1, 0.15) is 17.4 Å². The SMILES string of the molecule is COc1cc(C(=O)N2CCCC(OC(N)=O)C2)cc2nc(-c3cc4scnc4n3CC3CCC3)n(C)c12. The van der Waals surface area contributed by atoms with Crippen LogP contribution in [0.2, 0.25) is 0 Å². The van der Waals surface area contributed by atoms with Crippen LogP contribution < -0.4 is 10.5 Å². The lowest BCUT2D eigenvalue weighted by Crippen LogP contribution is -2.44. The molecule has 1 aliphatic carbocycles. The average molecular weight is 523 g/mol. The number of aryl methyl sites for hydroxylation is 1. The van der Waals surface area contributed by atoms with Crippen molar-refractivity contribution in [2.75, 3.05) is 20.2 Å². The Morgan fingerprint density at radius 1 is 1.19 bits per heavy atom. The Labute approximate surface area is 218 Å². The summed E-state index contributed by atoms with van der Waals surface area (Å²) < 4.78 is 16.4. The smallest absolute Gasteiger partial charge is 0.404 e. The molecule has 1 atom stereocenters. The Bertz CT molecular complexity index is 1500. The van der Waals surface area contributed by atoms with Crippen molar-refractivity contribution in [2.45, 2.75) is 44.8 Å². The number of benzene rings is 1. The fourth-order valence-electron chi connectivity index (χ4n) is 5.55. The van der Waals surface area contributed by atoms with Crippen molar-refractivity contribution in [3.8, 4) is 17.3 Å². The summed E-state index contributed by atoms with van der Waals surface area (Å²) in [5, 5.41) is 0. The van der Waals surface area contributed by atoms with Crippen molar-refractivity contribution in [1.29, 1.82) is 0 Å². The summed E-state index contributed by atoms with van der Waals surface area (Å²) >= 11 is 1.63. The Kier molecular flexibility index (Phi) is 6.02. The molecule has 11 heteroatoms. The van der Waals surface area contributed by atoms with Gasteiger partial charge in [-0.1, -0.05) is 6.42 Å². The molecule has 4 aromatic rings. The first-order valence-corrected chi connectivity index (χ1v) is 13.5. The lowest BCUT2D eigenvalue weighted by atomic mass is 9.85. The molecular weight excluding hydrogens is 492 g/mol. The predicted molar refractivity (Wildman–Crippen MR) is 141 cm³/mol. The number of methoxy groups -OCH3 is 1. The molecule has 2 aliphatic rings. The molecule has 2 N–H and O–H groups in total. The molecule has 1 aliphatic heterocycles. The quantitative estimate of drug-likeness (QED) is 0.406. The maximum atomic E-state index is 13.5. The van der Waals surface area contributed by atoms with Crippen molar-refractivity contribution in [3.63, 3.8) is 0 Å². The number of primary amides is 1. The Hall–Kier alpha value is -3.60. The van der Waals surface area contributed by atoms with Crippen LogP contribution in [0.3, 0.4) is 0 Å². The molecule has 194 valence electrons. The summed E-state index contributed by atoms with van der Waals surface area (Å²) in [4.78, 5) is 36.0. The second-order valence-corrected chi connectivity index (χ2v) is 10.9. The molecule has 1 aromatic carbocycles. The number of rotatable bonds is 6. The first-order valence-electron chi connectivity index (χ1n) is 12.7. The number of likely N-dealkylation sites (tertiary alicyclic amines) is 1. The fourth-order valence-corrected chi connectivity index (χ4v) is 6.27. The van der Waals surface area contributed by atoms with Gasteiger partial charge in [0.05, 0.1) is 35.1 Å². The van der Waals surface area contributed by atoms with E-state index in [9.17, 15) is 9.59 Å². The lowest BCUT2D eigenvalue weighted by Gasteiger charge is -2.32. The van der Waals surface area contributed by atoms with Crippen molar-refractivity contribution in [2.24, 2.45) is 18.7 Å². The fraction of sp³-hybridized carbons (Fsp3) is 0.462. The maximum Gasteiger partial charge on any atom is 0.404 e. The van der Waals surface area contributed by atoms with Crippen LogP contribution >= 0.6 is 11.3 Å². The average Bonchev–Trinajstić information content (AvgIpc) is 3.53. The van der Waals surface area contributed by atoms with Crippen molar-refractivity contribution in [1.82, 2.24) is 24.0 Å². The van der Waals surface area contributed by atoms with E-state index in [0.29, 0.717) is 42.3 Å². The minimum Gasteiger partial charge on any atom is -0.494 e. The van der Waals surface area contributed by atoms with Gasteiger partial charge < -0.3 is 29.2 Å². The van der Waals surface area contributed by atoms with Gasteiger partial charge in [-0.25, -0.2) is 14.8 Å². The number of aromatic nitrogens is 4. The summed E-state index contributed by atoms with van der Waals surface area (Å²) in [6.45, 7) is 1.83. The zero-order valence-electron chi connectivity index (χ0n) is 21.0. The van der Waals surface area contributed by atoms with Gasteiger partial charge in [0.25, 0.3) is 5.91 Å². The van der Waals surface area contributed by atoms with Crippen LogP contribution in [-0.4, -0.2) is 62.3 Å². The third kappa shape index (κ3) is 4.20. The molecule has 2 fully saturated rings. The van der Waals surface area contributed by atoms with Crippen LogP contribution in [0.25, 0.3) is 32.9 Å². The van der Waals surface area contributed by atoms with Gasteiger partial charge in [-0.15, -0.1) is 11.3 Å². The van der Waals surface area contributed by atoms with E-state index in [-0.39, 0.29) is 5.91 Å². The van der Waals surface area contributed by atoms with Crippen LogP contribution in [0, 0.1) is 5.92 Å². The number of hydrogen-bond acceptors (Lipinski definition) is 7. The molecule has 4 heterocycles. The van der Waals surface area contributed by atoms with Crippen LogP contribution in [0.5, 0.6) is 5.75 Å². The molecule has 0 spiro atoms. The minimum absolute atomic E-state index is 0.150. The van der Waals surface area contributed by atoms with Gasteiger partial charge in [0.15, 0.2) is 11.5 Å². The molecule has 1 saturated heterocycles. The van der Waals surface area contributed by atoms with E-state index in [1.165, 1.54) is 19.3 Å². The summed E-state index contributed by atoms with van der Waals surface area (Å²) in [7, 11) is 3.58. The number of thiazole rings is 1. The number of carbonyl (C=O) groups is 2. The number of hydrogen-bond donors (Lipinski definition) is 1. The molecule has 0 bridgehead atoms. The zero-order valence-corrected chi connectivity index (χ0v) is 21.8. The molecule has 6 rings (SSSR count). The maximum absolute atomic E-state index is 13.5. The highest BCUT2D eigenvalue weighted by atomic mass is 32.1. The van der Waals surface area contributed by atoms with Crippen molar-refractivity contribution in [3.05, 3.63) is 29.3 Å². The second-order valence-electron chi connectivity index (χ2n) is 9.97. The summed E-state index contributed by atoms with van der Waals surface area (Å²) in [5.41, 5.74) is 11.1. The third-order valence-corrected chi connectivity index (χ3v) is 8.40. The topological polar surface area (TPSA) is 118 Å². The molecule has 37 heavy (non-hydrogen) atoms. The van der Waals surface area contributed by atoms with Crippen LogP contribution in [0.1, 0.15) is 42.5 Å². The molecule has 0 radical (unpaired) electrons. The molecule has 1 saturated carbocycles. The molecule has 3 aromatic heterocycles. The first-order chi connectivity index (χ1) is 17.9. The van der Waals surface area contributed by atoms with Gasteiger partial charge in [0.2, 0.25) is 0 Å². The van der Waals surface area contributed by atoms with Gasteiger partial charge in [0, 0.05) is 25.7 Å². The van der Waals surface area contributed by atoms with E-state index in [1.54, 1.807) is 29.4 Å². The lowest BCUT2D eigenvalue weighted by molar-refractivity contribution is 0.0373. The van der Waals surface area contributed by atoms with E-state index in [1.807, 2.05) is 23.2 Å². The number of piperidine rings is 1. The van der Waals surface area contributed by atoms with Gasteiger partial charge in [-0.2, -0.15) is 0 Å². The zero-order chi connectivity index (χ0) is 25.7. The van der Waals surface area contributed by atoms with E-state index in [4.69, 9.17) is 20.2 Å². The number of fused-ring (bicyclic) bond motifs is 2. The number of nitrogens with two attached hydrogens (primary N) is 1. The molecular formula is C26H30N6O4S. The number of amides is 2. The van der Waals surface area contributed by atoms with E-state index < -0.39 is 12.2 Å². The van der Waals surface area contributed by atoms with Crippen molar-refractivity contribution < 1.29 is 19.1 Å².